The Bertz CT molecular complexity index is 882. The molecule has 2 aromatic rings. The SMILES string of the molecule is CC(F)(F)c1cc2ncc(C(=O)NC3CCC(C(C)(C)O)CC3)cc2cc1Cl. The van der Waals surface area contributed by atoms with E-state index in [4.69, 9.17) is 11.6 Å². The summed E-state index contributed by atoms with van der Waals surface area (Å²) in [5, 5.41) is 13.6. The number of hydrogen-bond donors (Lipinski definition) is 2. The Hall–Kier alpha value is -1.79. The van der Waals surface area contributed by atoms with Crippen LogP contribution >= 0.6 is 11.6 Å². The molecule has 2 N–H and O–H groups in total. The van der Waals surface area contributed by atoms with Crippen LogP contribution < -0.4 is 5.32 Å². The molecule has 0 bridgehead atoms. The summed E-state index contributed by atoms with van der Waals surface area (Å²) in [6, 6.07) is 4.34. The summed E-state index contributed by atoms with van der Waals surface area (Å²) in [6.07, 6.45) is 4.72. The molecule has 1 amide bonds. The van der Waals surface area contributed by atoms with Crippen molar-refractivity contribution >= 4 is 28.4 Å². The highest BCUT2D eigenvalue weighted by atomic mass is 35.5. The van der Waals surface area contributed by atoms with Gasteiger partial charge in [-0.25, -0.2) is 8.78 Å². The van der Waals surface area contributed by atoms with E-state index >= 15 is 0 Å². The maximum Gasteiger partial charge on any atom is 0.272 e. The summed E-state index contributed by atoms with van der Waals surface area (Å²) in [4.78, 5) is 16.8. The monoisotopic (exact) mass is 410 g/mol. The largest absolute Gasteiger partial charge is 0.390 e. The van der Waals surface area contributed by atoms with Crippen LogP contribution in [-0.4, -0.2) is 27.6 Å². The van der Waals surface area contributed by atoms with Gasteiger partial charge in [0.2, 0.25) is 0 Å². The molecule has 0 atom stereocenters. The van der Waals surface area contributed by atoms with Gasteiger partial charge in [0.1, 0.15) is 0 Å². The maximum atomic E-state index is 13.6. The summed E-state index contributed by atoms with van der Waals surface area (Å²) in [6.45, 7) is 4.43. The minimum absolute atomic E-state index is 0.0477. The van der Waals surface area contributed by atoms with E-state index in [2.05, 4.69) is 10.3 Å². The lowest BCUT2D eigenvalue weighted by molar-refractivity contribution is -0.00259. The van der Waals surface area contributed by atoms with Crippen molar-refractivity contribution in [3.05, 3.63) is 40.5 Å². The number of alkyl halides is 2. The molecule has 1 fully saturated rings. The standard InChI is InChI=1S/C21H25ClF2N2O2/c1-20(2,28)14-4-6-15(7-5-14)26-19(27)13-8-12-9-17(22)16(21(3,23)24)10-18(12)25-11-13/h8-11,14-15,28H,4-7H2,1-3H3,(H,26,27). The zero-order valence-corrected chi connectivity index (χ0v) is 17.0. The van der Waals surface area contributed by atoms with E-state index in [1.54, 1.807) is 6.07 Å². The number of aliphatic hydroxyl groups is 1. The van der Waals surface area contributed by atoms with Gasteiger partial charge in [0, 0.05) is 30.1 Å². The first-order chi connectivity index (χ1) is 12.9. The molecule has 0 spiro atoms. The van der Waals surface area contributed by atoms with Crippen molar-refractivity contribution in [3.63, 3.8) is 0 Å². The molecule has 28 heavy (non-hydrogen) atoms. The molecule has 1 aliphatic carbocycles. The molecule has 1 heterocycles. The number of halogens is 3. The minimum atomic E-state index is -3.06. The third-order valence-corrected chi connectivity index (χ3v) is 5.88. The second-order valence-electron chi connectivity index (χ2n) is 8.31. The van der Waals surface area contributed by atoms with Crippen molar-refractivity contribution in [3.8, 4) is 0 Å². The first-order valence-electron chi connectivity index (χ1n) is 9.46. The van der Waals surface area contributed by atoms with E-state index in [9.17, 15) is 18.7 Å². The van der Waals surface area contributed by atoms with E-state index in [-0.39, 0.29) is 28.5 Å². The third-order valence-electron chi connectivity index (χ3n) is 5.57. The highest BCUT2D eigenvalue weighted by molar-refractivity contribution is 6.32. The second-order valence-corrected chi connectivity index (χ2v) is 8.72. The average molecular weight is 411 g/mol. The summed E-state index contributed by atoms with van der Waals surface area (Å²) < 4.78 is 27.2. The lowest BCUT2D eigenvalue weighted by Gasteiger charge is -2.36. The van der Waals surface area contributed by atoms with Gasteiger partial charge in [0.05, 0.1) is 21.7 Å². The smallest absolute Gasteiger partial charge is 0.272 e. The molecule has 152 valence electrons. The van der Waals surface area contributed by atoms with Crippen molar-refractivity contribution in [1.82, 2.24) is 10.3 Å². The molecule has 1 saturated carbocycles. The molecule has 0 saturated heterocycles. The number of benzene rings is 1. The molecule has 1 aliphatic rings. The van der Waals surface area contributed by atoms with Gasteiger partial charge >= 0.3 is 0 Å². The van der Waals surface area contributed by atoms with Gasteiger partial charge in [0.25, 0.3) is 11.8 Å². The van der Waals surface area contributed by atoms with Crippen LogP contribution in [0, 0.1) is 5.92 Å². The first-order valence-corrected chi connectivity index (χ1v) is 9.84. The van der Waals surface area contributed by atoms with Crippen LogP contribution in [0.4, 0.5) is 8.78 Å². The Morgan fingerprint density at radius 2 is 1.82 bits per heavy atom. The summed E-state index contributed by atoms with van der Waals surface area (Å²) in [7, 11) is 0. The summed E-state index contributed by atoms with van der Waals surface area (Å²) >= 11 is 6.00. The van der Waals surface area contributed by atoms with Gasteiger partial charge in [-0.05, 0) is 63.6 Å². The van der Waals surface area contributed by atoms with Crippen LogP contribution in [0.2, 0.25) is 5.02 Å². The normalized spacial score (nSPS) is 21.0. The minimum Gasteiger partial charge on any atom is -0.390 e. The highest BCUT2D eigenvalue weighted by Crippen LogP contribution is 2.35. The Morgan fingerprint density at radius 1 is 1.18 bits per heavy atom. The summed E-state index contributed by atoms with van der Waals surface area (Å²) in [5.74, 6) is -3.08. The predicted molar refractivity (Wildman–Crippen MR) is 106 cm³/mol. The van der Waals surface area contributed by atoms with Crippen molar-refractivity contribution in [1.29, 1.82) is 0 Å². The number of rotatable bonds is 4. The van der Waals surface area contributed by atoms with Crippen LogP contribution in [0.3, 0.4) is 0 Å². The molecule has 1 aromatic carbocycles. The molecular weight excluding hydrogens is 386 g/mol. The molecule has 1 aromatic heterocycles. The molecule has 4 nitrogen and oxygen atoms in total. The lowest BCUT2D eigenvalue weighted by atomic mass is 9.77. The van der Waals surface area contributed by atoms with Gasteiger partial charge in [-0.3, -0.25) is 9.78 Å². The van der Waals surface area contributed by atoms with Crippen LogP contribution in [-0.2, 0) is 5.92 Å². The Kier molecular flexibility index (Phi) is 5.65. The Balaban J connectivity index is 1.73. The van der Waals surface area contributed by atoms with Gasteiger partial charge in [-0.15, -0.1) is 0 Å². The fraction of sp³-hybridized carbons (Fsp3) is 0.524. The fourth-order valence-corrected chi connectivity index (χ4v) is 4.16. The van der Waals surface area contributed by atoms with Gasteiger partial charge in [-0.2, -0.15) is 0 Å². The number of nitrogens with zero attached hydrogens (tertiary/aromatic N) is 1. The van der Waals surface area contributed by atoms with Crippen LogP contribution in [0.1, 0.15) is 62.4 Å². The van der Waals surface area contributed by atoms with Gasteiger partial charge in [-0.1, -0.05) is 11.6 Å². The van der Waals surface area contributed by atoms with Crippen molar-refractivity contribution in [2.75, 3.05) is 0 Å². The van der Waals surface area contributed by atoms with Crippen LogP contribution in [0.15, 0.2) is 24.4 Å². The van der Waals surface area contributed by atoms with E-state index < -0.39 is 11.5 Å². The molecule has 7 heteroatoms. The topological polar surface area (TPSA) is 62.2 Å². The molecular formula is C21H25ClF2N2O2. The molecule has 0 aliphatic heterocycles. The lowest BCUT2D eigenvalue weighted by Crippen LogP contribution is -2.41. The van der Waals surface area contributed by atoms with Gasteiger partial charge in [0.15, 0.2) is 0 Å². The van der Waals surface area contributed by atoms with Crippen molar-refractivity contribution < 1.29 is 18.7 Å². The zero-order chi connectivity index (χ0) is 20.7. The van der Waals surface area contributed by atoms with E-state index in [0.717, 1.165) is 32.6 Å². The fourth-order valence-electron chi connectivity index (χ4n) is 3.82. The van der Waals surface area contributed by atoms with E-state index in [1.807, 2.05) is 13.8 Å². The summed E-state index contributed by atoms with van der Waals surface area (Å²) in [5.41, 5.74) is -0.257. The average Bonchev–Trinajstić information content (AvgIpc) is 2.59. The van der Waals surface area contributed by atoms with Crippen LogP contribution in [0.25, 0.3) is 10.9 Å². The molecule has 0 radical (unpaired) electrons. The first kappa shape index (κ1) is 20.9. The number of pyridine rings is 1. The maximum absolute atomic E-state index is 13.6. The highest BCUT2D eigenvalue weighted by Gasteiger charge is 2.32. The predicted octanol–water partition coefficient (Wildman–Crippen LogP) is 5.06. The molecule has 3 rings (SSSR count). The quantitative estimate of drug-likeness (QED) is 0.740. The number of nitrogens with one attached hydrogen (secondary N) is 1. The second kappa shape index (κ2) is 7.56. The van der Waals surface area contributed by atoms with Crippen molar-refractivity contribution in [2.24, 2.45) is 5.92 Å². The number of carbonyl (C=O) groups is 1. The number of amides is 1. The van der Waals surface area contributed by atoms with E-state index in [1.165, 1.54) is 18.3 Å². The number of fused-ring (bicyclic) bond motifs is 1. The molecule has 0 unspecified atom stereocenters. The number of carbonyl (C=O) groups excluding carboxylic acids is 1. The van der Waals surface area contributed by atoms with Crippen LogP contribution in [0.5, 0.6) is 0 Å². The zero-order valence-electron chi connectivity index (χ0n) is 16.2. The Morgan fingerprint density at radius 3 is 2.39 bits per heavy atom. The number of aromatic nitrogens is 1. The number of hydrogen-bond acceptors (Lipinski definition) is 3. The Labute approximate surface area is 168 Å². The van der Waals surface area contributed by atoms with Crippen molar-refractivity contribution in [2.45, 2.75) is 64.0 Å². The third kappa shape index (κ3) is 4.61. The van der Waals surface area contributed by atoms with Gasteiger partial charge < -0.3 is 10.4 Å². The van der Waals surface area contributed by atoms with E-state index in [0.29, 0.717) is 16.5 Å².